The van der Waals surface area contributed by atoms with Crippen LogP contribution in [0.25, 0.3) is 0 Å². The van der Waals surface area contributed by atoms with Gasteiger partial charge in [-0.05, 0) is 48.2 Å². The lowest BCUT2D eigenvalue weighted by Crippen LogP contribution is -2.20. The summed E-state index contributed by atoms with van der Waals surface area (Å²) in [5.41, 5.74) is 8.86. The zero-order valence-electron chi connectivity index (χ0n) is 13.5. The standard InChI is InChI=1S/C18H21ClN2O2/c1-11(2)14-6-4-12(3)8-17(14)23-10-18(22)21-16-7-5-13(20)9-15(16)19/h4-9,11H,10,20H2,1-3H3,(H,21,22). The summed E-state index contributed by atoms with van der Waals surface area (Å²) in [6.45, 7) is 6.09. The summed E-state index contributed by atoms with van der Waals surface area (Å²) >= 11 is 6.04. The molecule has 0 heterocycles. The van der Waals surface area contributed by atoms with Crippen molar-refractivity contribution < 1.29 is 9.53 Å². The average Bonchev–Trinajstić information content (AvgIpc) is 2.48. The molecule has 0 spiro atoms. The summed E-state index contributed by atoms with van der Waals surface area (Å²) in [6.07, 6.45) is 0. The van der Waals surface area contributed by atoms with E-state index in [0.29, 0.717) is 22.3 Å². The van der Waals surface area contributed by atoms with E-state index in [1.807, 2.05) is 25.1 Å². The lowest BCUT2D eigenvalue weighted by atomic mass is 10.0. The maximum absolute atomic E-state index is 12.1. The normalized spacial score (nSPS) is 10.7. The molecular weight excluding hydrogens is 312 g/mol. The second-order valence-corrected chi connectivity index (χ2v) is 6.18. The molecule has 3 N–H and O–H groups in total. The minimum atomic E-state index is -0.270. The number of hydrogen-bond acceptors (Lipinski definition) is 3. The molecule has 0 bridgehead atoms. The molecule has 122 valence electrons. The number of benzene rings is 2. The number of carbonyl (C=O) groups is 1. The van der Waals surface area contributed by atoms with Crippen LogP contribution in [0.2, 0.25) is 5.02 Å². The Bertz CT molecular complexity index is 714. The van der Waals surface area contributed by atoms with Gasteiger partial charge in [0.05, 0.1) is 10.7 Å². The van der Waals surface area contributed by atoms with Crippen LogP contribution in [-0.4, -0.2) is 12.5 Å². The molecule has 2 rings (SSSR count). The van der Waals surface area contributed by atoms with E-state index in [9.17, 15) is 4.79 Å². The number of halogens is 1. The summed E-state index contributed by atoms with van der Waals surface area (Å²) in [5, 5.41) is 3.12. The van der Waals surface area contributed by atoms with Crippen LogP contribution in [0.4, 0.5) is 11.4 Å². The molecule has 0 aromatic heterocycles. The molecule has 0 radical (unpaired) electrons. The molecule has 2 aromatic carbocycles. The van der Waals surface area contributed by atoms with Crippen LogP contribution in [0.5, 0.6) is 5.75 Å². The number of rotatable bonds is 5. The van der Waals surface area contributed by atoms with E-state index in [2.05, 4.69) is 19.2 Å². The van der Waals surface area contributed by atoms with Gasteiger partial charge >= 0.3 is 0 Å². The first-order chi connectivity index (χ1) is 10.9. The summed E-state index contributed by atoms with van der Waals surface area (Å²) < 4.78 is 5.70. The molecule has 0 saturated carbocycles. The van der Waals surface area contributed by atoms with Gasteiger partial charge in [-0.3, -0.25) is 4.79 Å². The Kier molecular flexibility index (Phi) is 5.50. The fraction of sp³-hybridized carbons (Fsp3) is 0.278. The van der Waals surface area contributed by atoms with Gasteiger partial charge in [-0.15, -0.1) is 0 Å². The molecule has 0 fully saturated rings. The van der Waals surface area contributed by atoms with Crippen LogP contribution in [0.3, 0.4) is 0 Å². The van der Waals surface area contributed by atoms with Gasteiger partial charge in [0.2, 0.25) is 0 Å². The molecule has 2 aromatic rings. The van der Waals surface area contributed by atoms with Crippen molar-refractivity contribution in [1.29, 1.82) is 0 Å². The summed E-state index contributed by atoms with van der Waals surface area (Å²) in [6, 6.07) is 11.0. The minimum absolute atomic E-state index is 0.0795. The Hall–Kier alpha value is -2.20. The van der Waals surface area contributed by atoms with Crippen molar-refractivity contribution >= 4 is 28.9 Å². The SMILES string of the molecule is Cc1ccc(C(C)C)c(OCC(=O)Nc2ccc(N)cc2Cl)c1. The third-order valence-electron chi connectivity index (χ3n) is 3.42. The predicted molar refractivity (Wildman–Crippen MR) is 95.3 cm³/mol. The van der Waals surface area contributed by atoms with Crippen LogP contribution < -0.4 is 15.8 Å². The number of anilines is 2. The van der Waals surface area contributed by atoms with E-state index in [-0.39, 0.29) is 12.5 Å². The van der Waals surface area contributed by atoms with Crippen molar-refractivity contribution in [3.05, 3.63) is 52.5 Å². The summed E-state index contributed by atoms with van der Waals surface area (Å²) in [4.78, 5) is 12.1. The van der Waals surface area contributed by atoms with Crippen LogP contribution >= 0.6 is 11.6 Å². The van der Waals surface area contributed by atoms with Gasteiger partial charge in [0.15, 0.2) is 6.61 Å². The lowest BCUT2D eigenvalue weighted by Gasteiger charge is -2.15. The third-order valence-corrected chi connectivity index (χ3v) is 3.73. The highest BCUT2D eigenvalue weighted by Crippen LogP contribution is 2.28. The monoisotopic (exact) mass is 332 g/mol. The molecular formula is C18H21ClN2O2. The number of nitrogens with one attached hydrogen (secondary N) is 1. The van der Waals surface area contributed by atoms with E-state index in [1.54, 1.807) is 18.2 Å². The number of ether oxygens (including phenoxy) is 1. The molecule has 0 atom stereocenters. The van der Waals surface area contributed by atoms with Crippen molar-refractivity contribution in [2.75, 3.05) is 17.7 Å². The van der Waals surface area contributed by atoms with Crippen LogP contribution in [0.15, 0.2) is 36.4 Å². The fourth-order valence-electron chi connectivity index (χ4n) is 2.21. The topological polar surface area (TPSA) is 64.3 Å². The van der Waals surface area contributed by atoms with Gasteiger partial charge < -0.3 is 15.8 Å². The second kappa shape index (κ2) is 7.38. The molecule has 0 aliphatic heterocycles. The zero-order chi connectivity index (χ0) is 17.0. The van der Waals surface area contributed by atoms with Crippen molar-refractivity contribution in [3.8, 4) is 5.75 Å². The van der Waals surface area contributed by atoms with E-state index < -0.39 is 0 Å². The van der Waals surface area contributed by atoms with Crippen molar-refractivity contribution in [3.63, 3.8) is 0 Å². The first kappa shape index (κ1) is 17.2. The molecule has 1 amide bonds. The zero-order valence-corrected chi connectivity index (χ0v) is 14.3. The Morgan fingerprint density at radius 3 is 2.65 bits per heavy atom. The molecule has 0 unspecified atom stereocenters. The third kappa shape index (κ3) is 4.63. The van der Waals surface area contributed by atoms with E-state index in [1.165, 1.54) is 0 Å². The minimum Gasteiger partial charge on any atom is -0.483 e. The highest BCUT2D eigenvalue weighted by molar-refractivity contribution is 6.34. The largest absolute Gasteiger partial charge is 0.483 e. The maximum Gasteiger partial charge on any atom is 0.262 e. The molecule has 23 heavy (non-hydrogen) atoms. The number of amides is 1. The lowest BCUT2D eigenvalue weighted by molar-refractivity contribution is -0.118. The van der Waals surface area contributed by atoms with Gasteiger partial charge in [0, 0.05) is 5.69 Å². The number of aryl methyl sites for hydroxylation is 1. The van der Waals surface area contributed by atoms with Gasteiger partial charge in [0.1, 0.15) is 5.75 Å². The van der Waals surface area contributed by atoms with Crippen molar-refractivity contribution in [2.45, 2.75) is 26.7 Å². The summed E-state index contributed by atoms with van der Waals surface area (Å²) in [7, 11) is 0. The highest BCUT2D eigenvalue weighted by Gasteiger charge is 2.11. The Morgan fingerprint density at radius 1 is 1.26 bits per heavy atom. The molecule has 4 nitrogen and oxygen atoms in total. The first-order valence-electron chi connectivity index (χ1n) is 7.45. The first-order valence-corrected chi connectivity index (χ1v) is 7.83. The van der Waals surface area contributed by atoms with Gasteiger partial charge in [-0.25, -0.2) is 0 Å². The molecule has 5 heteroatoms. The number of hydrogen-bond donors (Lipinski definition) is 2. The van der Waals surface area contributed by atoms with Crippen LogP contribution in [0.1, 0.15) is 30.9 Å². The Morgan fingerprint density at radius 2 is 2.00 bits per heavy atom. The average molecular weight is 333 g/mol. The second-order valence-electron chi connectivity index (χ2n) is 5.77. The molecule has 0 saturated heterocycles. The number of nitrogen functional groups attached to an aromatic ring is 1. The molecule has 0 aliphatic rings. The quantitative estimate of drug-likeness (QED) is 0.799. The highest BCUT2D eigenvalue weighted by atomic mass is 35.5. The fourth-order valence-corrected chi connectivity index (χ4v) is 2.44. The van der Waals surface area contributed by atoms with E-state index in [4.69, 9.17) is 22.1 Å². The van der Waals surface area contributed by atoms with Crippen LogP contribution in [0, 0.1) is 6.92 Å². The van der Waals surface area contributed by atoms with Gasteiger partial charge in [0.25, 0.3) is 5.91 Å². The van der Waals surface area contributed by atoms with Crippen molar-refractivity contribution in [1.82, 2.24) is 0 Å². The van der Waals surface area contributed by atoms with E-state index >= 15 is 0 Å². The predicted octanol–water partition coefficient (Wildman–Crippen LogP) is 4.37. The van der Waals surface area contributed by atoms with E-state index in [0.717, 1.165) is 16.9 Å². The summed E-state index contributed by atoms with van der Waals surface area (Å²) in [5.74, 6) is 0.784. The number of carbonyl (C=O) groups excluding carboxylic acids is 1. The number of nitrogens with two attached hydrogens (primary N) is 1. The Balaban J connectivity index is 2.03. The van der Waals surface area contributed by atoms with Crippen LogP contribution in [-0.2, 0) is 4.79 Å². The van der Waals surface area contributed by atoms with Gasteiger partial charge in [-0.1, -0.05) is 37.6 Å². The van der Waals surface area contributed by atoms with Gasteiger partial charge in [-0.2, -0.15) is 0 Å². The smallest absolute Gasteiger partial charge is 0.262 e. The molecule has 0 aliphatic carbocycles. The van der Waals surface area contributed by atoms with Crippen molar-refractivity contribution in [2.24, 2.45) is 0 Å². The maximum atomic E-state index is 12.1. The Labute approximate surface area is 141 Å².